The number of hydrogen-bond donors (Lipinski definition) is 0. The Morgan fingerprint density at radius 3 is 2.83 bits per heavy atom. The van der Waals surface area contributed by atoms with E-state index < -0.39 is 5.97 Å². The Morgan fingerprint density at radius 2 is 2.04 bits per heavy atom. The lowest BCUT2D eigenvalue weighted by Gasteiger charge is -2.19. The largest absolute Gasteiger partial charge is 0.460 e. The first-order chi connectivity index (χ1) is 11.6. The number of likely N-dealkylation sites (N-methyl/N-ethyl adjacent to an activating group) is 1. The maximum absolute atomic E-state index is 12.1. The molecule has 0 atom stereocenters. The molecule has 6 heteroatoms. The van der Waals surface area contributed by atoms with Gasteiger partial charge in [-0.15, -0.1) is 0 Å². The van der Waals surface area contributed by atoms with Gasteiger partial charge >= 0.3 is 5.97 Å². The first-order valence-corrected chi connectivity index (χ1v) is 8.28. The fourth-order valence-electron chi connectivity index (χ4n) is 2.56. The molecule has 0 saturated carbocycles. The van der Waals surface area contributed by atoms with Crippen LogP contribution in [0.3, 0.4) is 0 Å². The highest BCUT2D eigenvalue weighted by molar-refractivity contribution is 6.36. The van der Waals surface area contributed by atoms with Crippen molar-refractivity contribution in [2.45, 2.75) is 6.54 Å². The maximum atomic E-state index is 12.1. The predicted octanol–water partition coefficient (Wildman–Crippen LogP) is 4.04. The van der Waals surface area contributed by atoms with Crippen LogP contribution in [0.5, 0.6) is 0 Å². The molecule has 4 nitrogen and oxygen atoms in total. The van der Waals surface area contributed by atoms with Crippen molar-refractivity contribution in [2.24, 2.45) is 4.99 Å². The first-order valence-electron chi connectivity index (χ1n) is 7.52. The molecule has 124 valence electrons. The zero-order valence-corrected chi connectivity index (χ0v) is 14.6. The molecule has 1 heterocycles. The molecule has 0 N–H and O–H groups in total. The van der Waals surface area contributed by atoms with Crippen LogP contribution in [0, 0.1) is 0 Å². The number of esters is 1. The van der Waals surface area contributed by atoms with Gasteiger partial charge in [-0.2, -0.15) is 0 Å². The number of fused-ring (bicyclic) bond motifs is 1. The van der Waals surface area contributed by atoms with Gasteiger partial charge in [0, 0.05) is 17.6 Å². The van der Waals surface area contributed by atoms with Gasteiger partial charge in [0.2, 0.25) is 0 Å². The van der Waals surface area contributed by atoms with Gasteiger partial charge in [-0.05, 0) is 23.8 Å². The average Bonchev–Trinajstić information content (AvgIpc) is 2.98. The van der Waals surface area contributed by atoms with Gasteiger partial charge in [0.15, 0.2) is 0 Å². The number of aliphatic imine (C=N–C) groups is 1. The molecule has 0 bridgehead atoms. The van der Waals surface area contributed by atoms with Crippen LogP contribution in [0.2, 0.25) is 10.0 Å². The monoisotopic (exact) mass is 362 g/mol. The molecule has 2 aromatic carbocycles. The minimum Gasteiger partial charge on any atom is -0.460 e. The summed E-state index contributed by atoms with van der Waals surface area (Å²) in [6, 6.07) is 12.8. The van der Waals surface area contributed by atoms with Crippen molar-refractivity contribution < 1.29 is 9.53 Å². The number of amidine groups is 1. The van der Waals surface area contributed by atoms with Gasteiger partial charge in [0.25, 0.3) is 0 Å². The van der Waals surface area contributed by atoms with Crippen LogP contribution in [-0.4, -0.2) is 36.9 Å². The van der Waals surface area contributed by atoms with Crippen molar-refractivity contribution in [3.05, 3.63) is 69.2 Å². The Kier molecular flexibility index (Phi) is 5.07. The van der Waals surface area contributed by atoms with Crippen LogP contribution in [0.15, 0.2) is 47.5 Å². The summed E-state index contributed by atoms with van der Waals surface area (Å²) in [5.41, 5.74) is 2.66. The van der Waals surface area contributed by atoms with Crippen LogP contribution >= 0.6 is 23.2 Å². The van der Waals surface area contributed by atoms with Crippen molar-refractivity contribution in [3.63, 3.8) is 0 Å². The summed E-state index contributed by atoms with van der Waals surface area (Å²) in [4.78, 5) is 18.6. The number of ether oxygens (including phenoxy) is 1. The van der Waals surface area contributed by atoms with Crippen molar-refractivity contribution in [2.75, 3.05) is 20.2 Å². The third-order valence-corrected chi connectivity index (χ3v) is 4.38. The minimum atomic E-state index is -0.459. The van der Waals surface area contributed by atoms with E-state index in [-0.39, 0.29) is 11.6 Å². The van der Waals surface area contributed by atoms with E-state index in [0.717, 1.165) is 11.4 Å². The molecule has 0 saturated heterocycles. The zero-order chi connectivity index (χ0) is 17.1. The summed E-state index contributed by atoms with van der Waals surface area (Å²) in [5, 5.41) is 0.768. The average molecular weight is 363 g/mol. The minimum absolute atomic E-state index is 0.246. The van der Waals surface area contributed by atoms with Crippen LogP contribution in [0.4, 0.5) is 0 Å². The summed E-state index contributed by atoms with van der Waals surface area (Å²) in [6.07, 6.45) is 0. The lowest BCUT2D eigenvalue weighted by atomic mass is 10.1. The Hall–Kier alpha value is -2.04. The van der Waals surface area contributed by atoms with Crippen LogP contribution in [0.1, 0.15) is 21.5 Å². The van der Waals surface area contributed by atoms with Crippen LogP contribution in [0.25, 0.3) is 0 Å². The predicted molar refractivity (Wildman–Crippen MR) is 96.1 cm³/mol. The third kappa shape index (κ3) is 3.55. The number of halogens is 2. The Bertz CT molecular complexity index is 805. The Labute approximate surface area is 150 Å². The molecule has 0 unspecified atom stereocenters. The summed E-state index contributed by atoms with van der Waals surface area (Å²) >= 11 is 11.8. The SMILES string of the molecule is CN(CCOC(=O)c1ccc(Cl)cc1Cl)C1=NCc2ccccc21. The second kappa shape index (κ2) is 7.24. The normalized spacial score (nSPS) is 12.5. The molecule has 0 spiro atoms. The van der Waals surface area contributed by atoms with E-state index in [2.05, 4.69) is 17.1 Å². The van der Waals surface area contributed by atoms with Gasteiger partial charge in [0.05, 0.1) is 23.7 Å². The first kappa shape index (κ1) is 16.8. The van der Waals surface area contributed by atoms with Crippen LogP contribution < -0.4 is 0 Å². The highest BCUT2D eigenvalue weighted by Crippen LogP contribution is 2.22. The number of carbonyl (C=O) groups excluding carboxylic acids is 1. The molecule has 0 aliphatic carbocycles. The number of rotatable bonds is 4. The van der Waals surface area contributed by atoms with Crippen molar-refractivity contribution in [1.82, 2.24) is 4.90 Å². The van der Waals surface area contributed by atoms with Crippen molar-refractivity contribution in [3.8, 4) is 0 Å². The van der Waals surface area contributed by atoms with Crippen molar-refractivity contribution >= 4 is 35.0 Å². The molecular formula is C18H16Cl2N2O2. The summed E-state index contributed by atoms with van der Waals surface area (Å²) < 4.78 is 5.30. The smallest absolute Gasteiger partial charge is 0.339 e. The Balaban J connectivity index is 1.56. The molecule has 0 fully saturated rings. The van der Waals surface area contributed by atoms with Gasteiger partial charge in [-0.1, -0.05) is 47.5 Å². The number of hydrogen-bond acceptors (Lipinski definition) is 4. The fraction of sp³-hybridized carbons (Fsp3) is 0.222. The highest BCUT2D eigenvalue weighted by atomic mass is 35.5. The van der Waals surface area contributed by atoms with E-state index in [4.69, 9.17) is 27.9 Å². The lowest BCUT2D eigenvalue weighted by Crippen LogP contribution is -2.30. The molecule has 0 aromatic heterocycles. The molecular weight excluding hydrogens is 347 g/mol. The molecule has 2 aromatic rings. The van der Waals surface area contributed by atoms with E-state index >= 15 is 0 Å². The van der Waals surface area contributed by atoms with E-state index in [1.807, 2.05) is 24.1 Å². The number of benzene rings is 2. The second-order valence-electron chi connectivity index (χ2n) is 5.48. The van der Waals surface area contributed by atoms with Gasteiger partial charge in [0.1, 0.15) is 12.4 Å². The van der Waals surface area contributed by atoms with E-state index in [1.54, 1.807) is 12.1 Å². The number of carbonyl (C=O) groups is 1. The lowest BCUT2D eigenvalue weighted by molar-refractivity contribution is 0.0492. The zero-order valence-electron chi connectivity index (χ0n) is 13.1. The molecule has 1 aliphatic heterocycles. The topological polar surface area (TPSA) is 41.9 Å². The van der Waals surface area contributed by atoms with Crippen molar-refractivity contribution in [1.29, 1.82) is 0 Å². The number of nitrogens with zero attached hydrogens (tertiary/aromatic N) is 2. The van der Waals surface area contributed by atoms with Gasteiger partial charge < -0.3 is 9.64 Å². The molecule has 3 rings (SSSR count). The highest BCUT2D eigenvalue weighted by Gasteiger charge is 2.19. The third-order valence-electron chi connectivity index (χ3n) is 3.83. The molecule has 0 radical (unpaired) electrons. The molecule has 0 amide bonds. The quantitative estimate of drug-likeness (QED) is 0.770. The summed E-state index contributed by atoms with van der Waals surface area (Å²) in [7, 11) is 1.93. The second-order valence-corrected chi connectivity index (χ2v) is 6.32. The summed E-state index contributed by atoms with van der Waals surface area (Å²) in [5.74, 6) is 0.463. The maximum Gasteiger partial charge on any atom is 0.339 e. The van der Waals surface area contributed by atoms with E-state index in [9.17, 15) is 4.79 Å². The fourth-order valence-corrected chi connectivity index (χ4v) is 3.05. The van der Waals surface area contributed by atoms with E-state index in [1.165, 1.54) is 11.6 Å². The molecule has 1 aliphatic rings. The van der Waals surface area contributed by atoms with E-state index in [0.29, 0.717) is 23.7 Å². The van der Waals surface area contributed by atoms with Gasteiger partial charge in [-0.3, -0.25) is 4.99 Å². The van der Waals surface area contributed by atoms with Gasteiger partial charge in [-0.25, -0.2) is 4.79 Å². The Morgan fingerprint density at radius 1 is 1.25 bits per heavy atom. The molecule has 24 heavy (non-hydrogen) atoms. The summed E-state index contributed by atoms with van der Waals surface area (Å²) in [6.45, 7) is 1.48. The standard InChI is InChI=1S/C18H16Cl2N2O2/c1-22(17-14-5-3-2-4-12(14)11-21-17)8-9-24-18(23)15-7-6-13(19)10-16(15)20/h2-7,10H,8-9,11H2,1H3. The van der Waals surface area contributed by atoms with Crippen LogP contribution in [-0.2, 0) is 11.3 Å².